The van der Waals surface area contributed by atoms with Gasteiger partial charge in [0.25, 0.3) is 0 Å². The zero-order valence-corrected chi connectivity index (χ0v) is 11.0. The highest BCUT2D eigenvalue weighted by atomic mass is 15.1. The zero-order valence-electron chi connectivity index (χ0n) is 11.0. The summed E-state index contributed by atoms with van der Waals surface area (Å²) in [5, 5.41) is 3.52. The molecule has 2 aromatic rings. The van der Waals surface area contributed by atoms with E-state index in [-0.39, 0.29) is 0 Å². The van der Waals surface area contributed by atoms with Crippen LogP contribution >= 0.6 is 0 Å². The molecular formula is C16H19N3. The Bertz CT molecular complexity index is 525. The summed E-state index contributed by atoms with van der Waals surface area (Å²) in [5.41, 5.74) is 3.80. The Labute approximate surface area is 114 Å². The molecule has 1 aliphatic rings. The standard InChI is InChI=1S/C16H19N3/c1-2-8-16-15(7-1)18-10-3-4-11-19(16)13-14-6-5-9-17-12-14/h1-2,5-9,12,18H,3-4,10-11,13H2. The molecule has 1 aromatic heterocycles. The fourth-order valence-electron chi connectivity index (χ4n) is 2.55. The van der Waals surface area contributed by atoms with E-state index >= 15 is 0 Å². The van der Waals surface area contributed by atoms with Crippen LogP contribution in [0, 0.1) is 0 Å². The van der Waals surface area contributed by atoms with Gasteiger partial charge >= 0.3 is 0 Å². The summed E-state index contributed by atoms with van der Waals surface area (Å²) in [4.78, 5) is 6.65. The van der Waals surface area contributed by atoms with E-state index in [9.17, 15) is 0 Å². The molecule has 19 heavy (non-hydrogen) atoms. The molecule has 3 heteroatoms. The van der Waals surface area contributed by atoms with Crippen molar-refractivity contribution in [3.8, 4) is 0 Å². The van der Waals surface area contributed by atoms with Crippen molar-refractivity contribution in [1.82, 2.24) is 4.98 Å². The Kier molecular flexibility index (Phi) is 3.63. The number of nitrogens with one attached hydrogen (secondary N) is 1. The normalized spacial score (nSPS) is 15.1. The molecule has 2 heterocycles. The van der Waals surface area contributed by atoms with Crippen molar-refractivity contribution in [2.45, 2.75) is 19.4 Å². The monoisotopic (exact) mass is 253 g/mol. The van der Waals surface area contributed by atoms with Crippen LogP contribution in [-0.4, -0.2) is 18.1 Å². The maximum absolute atomic E-state index is 4.21. The molecule has 0 spiro atoms. The predicted molar refractivity (Wildman–Crippen MR) is 79.5 cm³/mol. The lowest BCUT2D eigenvalue weighted by Crippen LogP contribution is -2.27. The van der Waals surface area contributed by atoms with Crippen LogP contribution in [0.2, 0.25) is 0 Å². The van der Waals surface area contributed by atoms with E-state index in [1.807, 2.05) is 18.5 Å². The van der Waals surface area contributed by atoms with Gasteiger partial charge in [0.15, 0.2) is 0 Å². The van der Waals surface area contributed by atoms with Crippen molar-refractivity contribution in [3.05, 3.63) is 54.4 Å². The van der Waals surface area contributed by atoms with Gasteiger partial charge in [0.05, 0.1) is 11.4 Å². The minimum absolute atomic E-state index is 0.923. The van der Waals surface area contributed by atoms with E-state index in [0.29, 0.717) is 0 Å². The van der Waals surface area contributed by atoms with Crippen LogP contribution in [0.4, 0.5) is 11.4 Å². The molecule has 0 amide bonds. The maximum atomic E-state index is 4.21. The summed E-state index contributed by atoms with van der Waals surface area (Å²) in [6, 6.07) is 12.7. The Hall–Kier alpha value is -2.03. The fourth-order valence-corrected chi connectivity index (χ4v) is 2.55. The van der Waals surface area contributed by atoms with Gasteiger partial charge in [0.1, 0.15) is 0 Å². The largest absolute Gasteiger partial charge is 0.383 e. The average Bonchev–Trinajstić information content (AvgIpc) is 2.45. The third-order valence-electron chi connectivity index (χ3n) is 3.51. The number of aromatic nitrogens is 1. The maximum Gasteiger partial charge on any atom is 0.0605 e. The molecule has 1 aliphatic heterocycles. The topological polar surface area (TPSA) is 28.2 Å². The second-order valence-corrected chi connectivity index (χ2v) is 4.93. The molecule has 1 aromatic carbocycles. The van der Waals surface area contributed by atoms with Gasteiger partial charge in [-0.3, -0.25) is 4.98 Å². The first-order valence-electron chi connectivity index (χ1n) is 6.90. The first-order valence-corrected chi connectivity index (χ1v) is 6.90. The fraction of sp³-hybridized carbons (Fsp3) is 0.312. The van der Waals surface area contributed by atoms with E-state index in [0.717, 1.165) is 19.6 Å². The number of hydrogen-bond donors (Lipinski definition) is 1. The molecule has 98 valence electrons. The van der Waals surface area contributed by atoms with Crippen LogP contribution in [0.25, 0.3) is 0 Å². The number of anilines is 2. The Morgan fingerprint density at radius 2 is 2.05 bits per heavy atom. The van der Waals surface area contributed by atoms with E-state index in [4.69, 9.17) is 0 Å². The SMILES string of the molecule is c1cncc(CN2CCCCNc3ccccc32)c1. The molecule has 0 fully saturated rings. The Morgan fingerprint density at radius 3 is 2.95 bits per heavy atom. The van der Waals surface area contributed by atoms with Gasteiger partial charge in [-0.25, -0.2) is 0 Å². The highest BCUT2D eigenvalue weighted by molar-refractivity contribution is 5.70. The molecular weight excluding hydrogens is 234 g/mol. The number of pyridine rings is 1. The highest BCUT2D eigenvalue weighted by Crippen LogP contribution is 2.28. The lowest BCUT2D eigenvalue weighted by atomic mass is 10.1. The third kappa shape index (κ3) is 2.87. The van der Waals surface area contributed by atoms with Gasteiger partial charge in [-0.1, -0.05) is 18.2 Å². The average molecular weight is 253 g/mol. The van der Waals surface area contributed by atoms with Gasteiger partial charge in [0, 0.05) is 32.0 Å². The quantitative estimate of drug-likeness (QED) is 0.890. The summed E-state index contributed by atoms with van der Waals surface area (Å²) in [5.74, 6) is 0. The molecule has 0 unspecified atom stereocenters. The van der Waals surface area contributed by atoms with Gasteiger partial charge in [-0.05, 0) is 36.6 Å². The van der Waals surface area contributed by atoms with Crippen molar-refractivity contribution in [2.24, 2.45) is 0 Å². The van der Waals surface area contributed by atoms with Crippen LogP contribution in [0.15, 0.2) is 48.8 Å². The van der Waals surface area contributed by atoms with Crippen LogP contribution < -0.4 is 10.2 Å². The first kappa shape index (κ1) is 12.0. The van der Waals surface area contributed by atoms with E-state index < -0.39 is 0 Å². The van der Waals surface area contributed by atoms with Crippen LogP contribution in [0.1, 0.15) is 18.4 Å². The van der Waals surface area contributed by atoms with Crippen molar-refractivity contribution >= 4 is 11.4 Å². The molecule has 0 aliphatic carbocycles. The van der Waals surface area contributed by atoms with Crippen LogP contribution in [0.3, 0.4) is 0 Å². The lowest BCUT2D eigenvalue weighted by Gasteiger charge is -2.29. The van der Waals surface area contributed by atoms with Gasteiger partial charge in [-0.2, -0.15) is 0 Å². The molecule has 0 atom stereocenters. The minimum Gasteiger partial charge on any atom is -0.383 e. The molecule has 3 nitrogen and oxygen atoms in total. The number of benzene rings is 1. The number of rotatable bonds is 2. The highest BCUT2D eigenvalue weighted by Gasteiger charge is 2.13. The summed E-state index contributed by atoms with van der Waals surface area (Å²) in [7, 11) is 0. The second kappa shape index (κ2) is 5.74. The second-order valence-electron chi connectivity index (χ2n) is 4.93. The van der Waals surface area contributed by atoms with E-state index in [1.165, 1.54) is 29.8 Å². The summed E-state index contributed by atoms with van der Waals surface area (Å²) in [6.45, 7) is 3.10. The minimum atomic E-state index is 0.923. The van der Waals surface area contributed by atoms with Gasteiger partial charge < -0.3 is 10.2 Å². The van der Waals surface area contributed by atoms with Crippen LogP contribution in [-0.2, 0) is 6.54 Å². The molecule has 0 bridgehead atoms. The molecule has 3 rings (SSSR count). The number of para-hydroxylation sites is 2. The summed E-state index contributed by atoms with van der Waals surface area (Å²) in [6.07, 6.45) is 6.22. The van der Waals surface area contributed by atoms with E-state index in [1.54, 1.807) is 0 Å². The van der Waals surface area contributed by atoms with Crippen molar-refractivity contribution < 1.29 is 0 Å². The smallest absolute Gasteiger partial charge is 0.0605 e. The summed E-state index contributed by atoms with van der Waals surface area (Å²) >= 11 is 0. The van der Waals surface area contributed by atoms with Crippen molar-refractivity contribution in [3.63, 3.8) is 0 Å². The summed E-state index contributed by atoms with van der Waals surface area (Å²) < 4.78 is 0. The predicted octanol–water partition coefficient (Wildman–Crippen LogP) is 3.29. The third-order valence-corrected chi connectivity index (χ3v) is 3.51. The van der Waals surface area contributed by atoms with Gasteiger partial charge in [0.2, 0.25) is 0 Å². The van der Waals surface area contributed by atoms with Gasteiger partial charge in [-0.15, -0.1) is 0 Å². The zero-order chi connectivity index (χ0) is 12.9. The molecule has 0 radical (unpaired) electrons. The lowest BCUT2D eigenvalue weighted by molar-refractivity contribution is 0.690. The van der Waals surface area contributed by atoms with Crippen LogP contribution in [0.5, 0.6) is 0 Å². The molecule has 0 saturated carbocycles. The molecule has 1 N–H and O–H groups in total. The number of hydrogen-bond acceptors (Lipinski definition) is 3. The Balaban J connectivity index is 1.88. The van der Waals surface area contributed by atoms with E-state index in [2.05, 4.69) is 45.5 Å². The van der Waals surface area contributed by atoms with Crippen molar-refractivity contribution in [2.75, 3.05) is 23.3 Å². The first-order chi connectivity index (χ1) is 9.43. The van der Waals surface area contributed by atoms with Crippen molar-refractivity contribution in [1.29, 1.82) is 0 Å². The Morgan fingerprint density at radius 1 is 1.11 bits per heavy atom. The molecule has 0 saturated heterocycles. The number of nitrogens with zero attached hydrogens (tertiary/aromatic N) is 2. The number of fused-ring (bicyclic) bond motifs is 1.